The van der Waals surface area contributed by atoms with Crippen molar-refractivity contribution < 1.29 is 4.42 Å². The first-order chi connectivity index (χ1) is 9.70. The second-order valence-electron chi connectivity index (χ2n) is 4.59. The molecule has 2 aromatic heterocycles. The number of furan rings is 1. The van der Waals surface area contributed by atoms with Crippen molar-refractivity contribution >= 4 is 39.4 Å². The highest BCUT2D eigenvalue weighted by Gasteiger charge is 2.14. The summed E-state index contributed by atoms with van der Waals surface area (Å²) in [4.78, 5) is 9.06. The second-order valence-corrected chi connectivity index (χ2v) is 5.67. The van der Waals surface area contributed by atoms with Crippen LogP contribution in [0, 0.1) is 3.57 Å². The number of nitrogens with two attached hydrogens (primary N) is 1. The maximum Gasteiger partial charge on any atom is 0.165 e. The third-order valence-electron chi connectivity index (χ3n) is 3.15. The SMILES string of the molecule is CCCc1nc(-c2coc3ccccc23)nc(N)c1I. The number of para-hydroxylation sites is 1. The first-order valence-electron chi connectivity index (χ1n) is 6.49. The van der Waals surface area contributed by atoms with Crippen molar-refractivity contribution in [3.63, 3.8) is 0 Å². The summed E-state index contributed by atoms with van der Waals surface area (Å²) in [5.74, 6) is 1.17. The number of benzene rings is 1. The van der Waals surface area contributed by atoms with Gasteiger partial charge in [-0.2, -0.15) is 0 Å². The number of anilines is 1. The van der Waals surface area contributed by atoms with Crippen LogP contribution >= 0.6 is 22.6 Å². The van der Waals surface area contributed by atoms with Crippen molar-refractivity contribution in [3.05, 3.63) is 39.8 Å². The minimum Gasteiger partial charge on any atom is -0.464 e. The fraction of sp³-hybridized carbons (Fsp3) is 0.200. The molecule has 0 amide bonds. The number of nitrogens with zero attached hydrogens (tertiary/aromatic N) is 2. The van der Waals surface area contributed by atoms with Crippen LogP contribution in [0.1, 0.15) is 19.0 Å². The Morgan fingerprint density at radius 2 is 2.05 bits per heavy atom. The van der Waals surface area contributed by atoms with Gasteiger partial charge >= 0.3 is 0 Å². The summed E-state index contributed by atoms with van der Waals surface area (Å²) >= 11 is 2.21. The van der Waals surface area contributed by atoms with Gasteiger partial charge in [0.2, 0.25) is 0 Å². The van der Waals surface area contributed by atoms with Crippen LogP contribution in [0.4, 0.5) is 5.82 Å². The molecule has 2 heterocycles. The van der Waals surface area contributed by atoms with Crippen LogP contribution in [0.15, 0.2) is 34.9 Å². The van der Waals surface area contributed by atoms with Gasteiger partial charge < -0.3 is 10.2 Å². The molecule has 0 saturated carbocycles. The predicted octanol–water partition coefficient (Wildman–Crippen LogP) is 4.03. The number of nitrogen functional groups attached to an aromatic ring is 1. The Hall–Kier alpha value is -1.63. The lowest BCUT2D eigenvalue weighted by atomic mass is 10.1. The maximum atomic E-state index is 6.01. The van der Waals surface area contributed by atoms with E-state index in [1.54, 1.807) is 6.26 Å². The van der Waals surface area contributed by atoms with Crippen LogP contribution in [-0.2, 0) is 6.42 Å². The number of fused-ring (bicyclic) bond motifs is 1. The first-order valence-corrected chi connectivity index (χ1v) is 7.57. The summed E-state index contributed by atoms with van der Waals surface area (Å²) in [6.45, 7) is 2.13. The molecule has 2 N–H and O–H groups in total. The van der Waals surface area contributed by atoms with Crippen LogP contribution in [0.2, 0.25) is 0 Å². The number of aryl methyl sites for hydroxylation is 1. The van der Waals surface area contributed by atoms with E-state index in [0.717, 1.165) is 38.6 Å². The summed E-state index contributed by atoms with van der Waals surface area (Å²) < 4.78 is 6.50. The lowest BCUT2D eigenvalue weighted by Crippen LogP contribution is -2.04. The average molecular weight is 379 g/mol. The Morgan fingerprint density at radius 3 is 2.85 bits per heavy atom. The molecule has 0 aliphatic rings. The molecule has 3 aromatic rings. The van der Waals surface area contributed by atoms with Gasteiger partial charge in [-0.3, -0.25) is 0 Å². The third-order valence-corrected chi connectivity index (χ3v) is 4.33. The predicted molar refractivity (Wildman–Crippen MR) is 88.4 cm³/mol. The van der Waals surface area contributed by atoms with E-state index in [9.17, 15) is 0 Å². The summed E-state index contributed by atoms with van der Waals surface area (Å²) in [7, 11) is 0. The molecule has 5 heteroatoms. The molecule has 0 aliphatic carbocycles. The van der Waals surface area contributed by atoms with Crippen LogP contribution in [-0.4, -0.2) is 9.97 Å². The summed E-state index contributed by atoms with van der Waals surface area (Å²) in [5.41, 5.74) is 8.74. The number of aromatic nitrogens is 2. The topological polar surface area (TPSA) is 64.9 Å². The molecule has 0 saturated heterocycles. The van der Waals surface area contributed by atoms with Gasteiger partial charge in [0, 0.05) is 5.39 Å². The van der Waals surface area contributed by atoms with E-state index in [4.69, 9.17) is 10.2 Å². The highest BCUT2D eigenvalue weighted by atomic mass is 127. The highest BCUT2D eigenvalue weighted by Crippen LogP contribution is 2.30. The smallest absolute Gasteiger partial charge is 0.165 e. The molecule has 3 rings (SSSR count). The monoisotopic (exact) mass is 379 g/mol. The Balaban J connectivity index is 2.19. The van der Waals surface area contributed by atoms with E-state index >= 15 is 0 Å². The van der Waals surface area contributed by atoms with Gasteiger partial charge in [0.1, 0.15) is 17.7 Å². The van der Waals surface area contributed by atoms with Gasteiger partial charge in [0.25, 0.3) is 0 Å². The molecule has 102 valence electrons. The van der Waals surface area contributed by atoms with E-state index in [2.05, 4.69) is 39.5 Å². The number of rotatable bonds is 3. The minimum atomic E-state index is 0.532. The zero-order valence-electron chi connectivity index (χ0n) is 11.1. The zero-order chi connectivity index (χ0) is 14.1. The van der Waals surface area contributed by atoms with Crippen molar-refractivity contribution in [2.75, 3.05) is 5.73 Å². The van der Waals surface area contributed by atoms with Gasteiger partial charge in [-0.05, 0) is 35.1 Å². The Labute approximate surface area is 130 Å². The first kappa shape index (κ1) is 13.4. The molecule has 0 atom stereocenters. The molecule has 0 radical (unpaired) electrons. The quantitative estimate of drug-likeness (QED) is 0.698. The molecular formula is C15H14IN3O. The second kappa shape index (κ2) is 5.40. The van der Waals surface area contributed by atoms with Crippen molar-refractivity contribution in [2.24, 2.45) is 0 Å². The Morgan fingerprint density at radius 1 is 1.25 bits per heavy atom. The lowest BCUT2D eigenvalue weighted by Gasteiger charge is -2.07. The summed E-state index contributed by atoms with van der Waals surface area (Å²) in [6, 6.07) is 7.86. The summed E-state index contributed by atoms with van der Waals surface area (Å²) in [5, 5.41) is 1.01. The molecular weight excluding hydrogens is 365 g/mol. The number of halogens is 1. The van der Waals surface area contributed by atoms with Gasteiger partial charge in [0.05, 0.1) is 14.8 Å². The minimum absolute atomic E-state index is 0.532. The van der Waals surface area contributed by atoms with Crippen LogP contribution in [0.3, 0.4) is 0 Å². The van der Waals surface area contributed by atoms with E-state index in [1.807, 2.05) is 24.3 Å². The van der Waals surface area contributed by atoms with Crippen molar-refractivity contribution in [1.82, 2.24) is 9.97 Å². The molecule has 4 nitrogen and oxygen atoms in total. The molecule has 1 aromatic carbocycles. The average Bonchev–Trinajstić information content (AvgIpc) is 2.88. The fourth-order valence-corrected chi connectivity index (χ4v) is 2.70. The van der Waals surface area contributed by atoms with Crippen molar-refractivity contribution in [3.8, 4) is 11.4 Å². The molecule has 0 spiro atoms. The number of hydrogen-bond acceptors (Lipinski definition) is 4. The van der Waals surface area contributed by atoms with E-state index in [0.29, 0.717) is 11.6 Å². The van der Waals surface area contributed by atoms with E-state index in [-0.39, 0.29) is 0 Å². The van der Waals surface area contributed by atoms with Crippen molar-refractivity contribution in [1.29, 1.82) is 0 Å². The number of hydrogen-bond donors (Lipinski definition) is 1. The van der Waals surface area contributed by atoms with E-state index < -0.39 is 0 Å². The van der Waals surface area contributed by atoms with Crippen LogP contribution < -0.4 is 5.73 Å². The fourth-order valence-electron chi connectivity index (χ4n) is 2.19. The maximum absolute atomic E-state index is 6.01. The summed E-state index contributed by atoms with van der Waals surface area (Å²) in [6.07, 6.45) is 3.62. The van der Waals surface area contributed by atoms with Gasteiger partial charge in [-0.15, -0.1) is 0 Å². The van der Waals surface area contributed by atoms with Crippen molar-refractivity contribution in [2.45, 2.75) is 19.8 Å². The molecule has 20 heavy (non-hydrogen) atoms. The van der Waals surface area contributed by atoms with Crippen LogP contribution in [0.25, 0.3) is 22.4 Å². The molecule has 0 aliphatic heterocycles. The normalized spacial score (nSPS) is 11.1. The van der Waals surface area contributed by atoms with Gasteiger partial charge in [-0.1, -0.05) is 31.5 Å². The molecule has 0 bridgehead atoms. The van der Waals surface area contributed by atoms with Gasteiger partial charge in [-0.25, -0.2) is 9.97 Å². The molecule has 0 unspecified atom stereocenters. The van der Waals surface area contributed by atoms with Gasteiger partial charge in [0.15, 0.2) is 5.82 Å². The zero-order valence-corrected chi connectivity index (χ0v) is 13.2. The standard InChI is InChI=1S/C15H14IN3O/c1-2-5-11-13(16)14(17)19-15(18-11)10-8-20-12-7-4-3-6-9(10)12/h3-4,6-8H,2,5H2,1H3,(H2,17,18,19). The Bertz CT molecular complexity index is 767. The third kappa shape index (κ3) is 2.26. The highest BCUT2D eigenvalue weighted by molar-refractivity contribution is 14.1. The van der Waals surface area contributed by atoms with Crippen LogP contribution in [0.5, 0.6) is 0 Å². The van der Waals surface area contributed by atoms with E-state index in [1.165, 1.54) is 0 Å². The Kier molecular flexibility index (Phi) is 3.60. The molecule has 0 fully saturated rings. The lowest BCUT2D eigenvalue weighted by molar-refractivity contribution is 0.616. The largest absolute Gasteiger partial charge is 0.464 e.